The lowest BCUT2D eigenvalue weighted by molar-refractivity contribution is 0.444. The Bertz CT molecular complexity index is 1020. The van der Waals surface area contributed by atoms with Crippen LogP contribution in [0.3, 0.4) is 0 Å². The van der Waals surface area contributed by atoms with E-state index in [0.29, 0.717) is 0 Å². The standard InChI is InChI=1S/C24H22S/c1-3-9-17(10-4-1)19-15-21(18-11-5-2-6-12-18)24-22(16-19)20-13-7-8-14-23(20)25-24/h2,5-8,11-17H,1,3-4,9-10H2. The molecule has 5 rings (SSSR count). The maximum atomic E-state index is 2.50. The van der Waals surface area contributed by atoms with Gasteiger partial charge in [0.2, 0.25) is 0 Å². The first-order chi connectivity index (χ1) is 12.4. The van der Waals surface area contributed by atoms with Gasteiger partial charge in [-0.1, -0.05) is 67.8 Å². The number of fused-ring (bicyclic) bond motifs is 3. The summed E-state index contributed by atoms with van der Waals surface area (Å²) in [6, 6.07) is 24.8. The molecule has 0 bridgehead atoms. The molecule has 0 spiro atoms. The van der Waals surface area contributed by atoms with Crippen LogP contribution in [0.4, 0.5) is 0 Å². The van der Waals surface area contributed by atoms with Gasteiger partial charge in [-0.15, -0.1) is 11.3 Å². The number of rotatable bonds is 2. The molecule has 0 atom stereocenters. The molecular weight excluding hydrogens is 320 g/mol. The molecule has 1 saturated carbocycles. The van der Waals surface area contributed by atoms with Crippen LogP contribution in [0.5, 0.6) is 0 Å². The Kier molecular flexibility index (Phi) is 3.83. The first kappa shape index (κ1) is 15.2. The smallest absolute Gasteiger partial charge is 0.0434 e. The van der Waals surface area contributed by atoms with E-state index >= 15 is 0 Å². The maximum Gasteiger partial charge on any atom is 0.0434 e. The van der Waals surface area contributed by atoms with E-state index in [9.17, 15) is 0 Å². The summed E-state index contributed by atoms with van der Waals surface area (Å²) < 4.78 is 2.84. The molecule has 4 aromatic rings. The third-order valence-electron chi connectivity index (χ3n) is 5.66. The fourth-order valence-electron chi connectivity index (χ4n) is 4.35. The van der Waals surface area contributed by atoms with Gasteiger partial charge in [-0.3, -0.25) is 0 Å². The number of thiophene rings is 1. The molecule has 1 heterocycles. The van der Waals surface area contributed by atoms with E-state index in [2.05, 4.69) is 66.7 Å². The lowest BCUT2D eigenvalue weighted by Gasteiger charge is -2.23. The summed E-state index contributed by atoms with van der Waals surface area (Å²) in [6.45, 7) is 0. The summed E-state index contributed by atoms with van der Waals surface area (Å²) in [5.74, 6) is 0.735. The van der Waals surface area contributed by atoms with Crippen molar-refractivity contribution in [2.75, 3.05) is 0 Å². The zero-order valence-corrected chi connectivity index (χ0v) is 15.2. The quantitative estimate of drug-likeness (QED) is 0.349. The van der Waals surface area contributed by atoms with Crippen molar-refractivity contribution in [3.8, 4) is 11.1 Å². The van der Waals surface area contributed by atoms with Crippen LogP contribution in [0.2, 0.25) is 0 Å². The highest BCUT2D eigenvalue weighted by molar-refractivity contribution is 7.26. The number of hydrogen-bond acceptors (Lipinski definition) is 1. The van der Waals surface area contributed by atoms with Crippen molar-refractivity contribution < 1.29 is 0 Å². The second-order valence-corrected chi connectivity index (χ2v) is 8.30. The molecular formula is C24H22S. The molecule has 0 saturated heterocycles. The van der Waals surface area contributed by atoms with Crippen LogP contribution in [0.25, 0.3) is 31.3 Å². The molecule has 0 N–H and O–H groups in total. The van der Waals surface area contributed by atoms with Gasteiger partial charge in [-0.05, 0) is 53.6 Å². The third kappa shape index (κ3) is 2.67. The Morgan fingerprint density at radius 2 is 1.48 bits per heavy atom. The van der Waals surface area contributed by atoms with Gasteiger partial charge in [0, 0.05) is 20.2 Å². The summed E-state index contributed by atoms with van der Waals surface area (Å²) in [4.78, 5) is 0. The Morgan fingerprint density at radius 3 is 2.32 bits per heavy atom. The van der Waals surface area contributed by atoms with Gasteiger partial charge in [-0.2, -0.15) is 0 Å². The van der Waals surface area contributed by atoms with Gasteiger partial charge in [0.05, 0.1) is 0 Å². The predicted octanol–water partition coefficient (Wildman–Crippen LogP) is 7.77. The van der Waals surface area contributed by atoms with E-state index in [-0.39, 0.29) is 0 Å². The molecule has 0 radical (unpaired) electrons. The summed E-state index contributed by atoms with van der Waals surface area (Å²) >= 11 is 1.94. The number of benzene rings is 3. The van der Waals surface area contributed by atoms with E-state index < -0.39 is 0 Å². The highest BCUT2D eigenvalue weighted by Crippen LogP contribution is 2.43. The highest BCUT2D eigenvalue weighted by Gasteiger charge is 2.19. The molecule has 1 heteroatoms. The van der Waals surface area contributed by atoms with Crippen molar-refractivity contribution >= 4 is 31.5 Å². The molecule has 1 fully saturated rings. The Labute approximate surface area is 153 Å². The molecule has 0 amide bonds. The van der Waals surface area contributed by atoms with Gasteiger partial charge in [-0.25, -0.2) is 0 Å². The largest absolute Gasteiger partial charge is 0.135 e. The van der Waals surface area contributed by atoms with Gasteiger partial charge in [0.15, 0.2) is 0 Å². The maximum absolute atomic E-state index is 2.50. The van der Waals surface area contributed by atoms with Crippen molar-refractivity contribution in [3.63, 3.8) is 0 Å². The normalized spacial score (nSPS) is 15.8. The monoisotopic (exact) mass is 342 g/mol. The van der Waals surface area contributed by atoms with E-state index in [1.165, 1.54) is 63.4 Å². The van der Waals surface area contributed by atoms with Crippen molar-refractivity contribution in [3.05, 3.63) is 72.3 Å². The minimum absolute atomic E-state index is 0.735. The van der Waals surface area contributed by atoms with Crippen LogP contribution in [-0.4, -0.2) is 0 Å². The fraction of sp³-hybridized carbons (Fsp3) is 0.250. The fourth-order valence-corrected chi connectivity index (χ4v) is 5.57. The van der Waals surface area contributed by atoms with E-state index in [1.54, 1.807) is 5.56 Å². The average Bonchev–Trinajstić information content (AvgIpc) is 3.07. The minimum Gasteiger partial charge on any atom is -0.135 e. The molecule has 0 unspecified atom stereocenters. The Hall–Kier alpha value is -2.12. The molecule has 1 aromatic heterocycles. The topological polar surface area (TPSA) is 0 Å². The lowest BCUT2D eigenvalue weighted by atomic mass is 9.82. The highest BCUT2D eigenvalue weighted by atomic mass is 32.1. The van der Waals surface area contributed by atoms with Crippen molar-refractivity contribution in [2.24, 2.45) is 0 Å². The summed E-state index contributed by atoms with van der Waals surface area (Å²) in [5.41, 5.74) is 4.31. The minimum atomic E-state index is 0.735. The summed E-state index contributed by atoms with van der Waals surface area (Å²) in [6.07, 6.45) is 6.87. The third-order valence-corrected chi connectivity index (χ3v) is 6.88. The van der Waals surface area contributed by atoms with Crippen molar-refractivity contribution in [1.29, 1.82) is 0 Å². The molecule has 1 aliphatic rings. The second-order valence-electron chi connectivity index (χ2n) is 7.24. The first-order valence-corrected chi connectivity index (χ1v) is 10.2. The van der Waals surface area contributed by atoms with Gasteiger partial charge < -0.3 is 0 Å². The van der Waals surface area contributed by atoms with E-state index in [0.717, 1.165) is 5.92 Å². The van der Waals surface area contributed by atoms with Crippen LogP contribution in [-0.2, 0) is 0 Å². The Balaban J connectivity index is 1.80. The van der Waals surface area contributed by atoms with Crippen LogP contribution in [0, 0.1) is 0 Å². The summed E-state index contributed by atoms with van der Waals surface area (Å²) in [7, 11) is 0. The van der Waals surface area contributed by atoms with Crippen molar-refractivity contribution in [2.45, 2.75) is 38.0 Å². The number of hydrogen-bond donors (Lipinski definition) is 0. The first-order valence-electron chi connectivity index (χ1n) is 9.41. The van der Waals surface area contributed by atoms with E-state index in [4.69, 9.17) is 0 Å². The zero-order valence-electron chi connectivity index (χ0n) is 14.4. The van der Waals surface area contributed by atoms with Gasteiger partial charge in [0.25, 0.3) is 0 Å². The average molecular weight is 343 g/mol. The second kappa shape index (κ2) is 6.31. The summed E-state index contributed by atoms with van der Waals surface area (Å²) in [5, 5.41) is 2.86. The van der Waals surface area contributed by atoms with E-state index in [1.807, 2.05) is 11.3 Å². The SMILES string of the molecule is c1ccc(-c2cc(C3CCCCC3)cc3c2sc2ccccc23)cc1. The molecule has 3 aromatic carbocycles. The predicted molar refractivity (Wildman–Crippen MR) is 111 cm³/mol. The Morgan fingerprint density at radius 1 is 0.720 bits per heavy atom. The lowest BCUT2D eigenvalue weighted by Crippen LogP contribution is -2.04. The molecule has 1 aliphatic carbocycles. The van der Waals surface area contributed by atoms with Crippen LogP contribution >= 0.6 is 11.3 Å². The molecule has 124 valence electrons. The van der Waals surface area contributed by atoms with Crippen LogP contribution in [0.15, 0.2) is 66.7 Å². The molecule has 0 aliphatic heterocycles. The van der Waals surface area contributed by atoms with Gasteiger partial charge >= 0.3 is 0 Å². The van der Waals surface area contributed by atoms with Crippen LogP contribution < -0.4 is 0 Å². The molecule has 0 nitrogen and oxygen atoms in total. The van der Waals surface area contributed by atoms with Gasteiger partial charge in [0.1, 0.15) is 0 Å². The van der Waals surface area contributed by atoms with Crippen LogP contribution in [0.1, 0.15) is 43.6 Å². The van der Waals surface area contributed by atoms with Crippen molar-refractivity contribution in [1.82, 2.24) is 0 Å². The molecule has 25 heavy (non-hydrogen) atoms. The zero-order chi connectivity index (χ0) is 16.6.